The number of hydrogen-bond donors (Lipinski definition) is 1. The molecule has 0 amide bonds. The third-order valence-corrected chi connectivity index (χ3v) is 3.74. The Hall–Kier alpha value is -2.87. The molecular weight excluding hydrogens is 282 g/mol. The maximum atomic E-state index is 12.1. The number of carbonyl (C=O) groups excluding carboxylic acids is 1. The highest BCUT2D eigenvalue weighted by Gasteiger charge is 2.10. The molecule has 0 saturated heterocycles. The molecule has 0 spiro atoms. The number of allylic oxidation sites excluding steroid dienone is 4. The molecule has 1 N–H and O–H groups in total. The average molecular weight is 301 g/mol. The van der Waals surface area contributed by atoms with Crippen LogP contribution in [0.25, 0.3) is 0 Å². The summed E-state index contributed by atoms with van der Waals surface area (Å²) in [7, 11) is 0. The van der Waals surface area contributed by atoms with Crippen LogP contribution >= 0.6 is 0 Å². The first-order valence-electron chi connectivity index (χ1n) is 7.78. The van der Waals surface area contributed by atoms with E-state index in [1.54, 1.807) is 6.08 Å². The highest BCUT2D eigenvalue weighted by Crippen LogP contribution is 2.18. The van der Waals surface area contributed by atoms with E-state index in [1.165, 1.54) is 0 Å². The molecule has 0 radical (unpaired) electrons. The van der Waals surface area contributed by atoms with E-state index in [9.17, 15) is 4.79 Å². The summed E-state index contributed by atoms with van der Waals surface area (Å²) in [4.78, 5) is 12.1. The second kappa shape index (κ2) is 7.41. The third kappa shape index (κ3) is 4.30. The van der Waals surface area contributed by atoms with Crippen molar-refractivity contribution >= 4 is 11.5 Å². The summed E-state index contributed by atoms with van der Waals surface area (Å²) in [5, 5.41) is 3.48. The van der Waals surface area contributed by atoms with Gasteiger partial charge >= 0.3 is 0 Å². The average Bonchev–Trinajstić information content (AvgIpc) is 2.62. The van der Waals surface area contributed by atoms with Gasteiger partial charge in [0.1, 0.15) is 0 Å². The monoisotopic (exact) mass is 301 g/mol. The molecule has 1 atom stereocenters. The van der Waals surface area contributed by atoms with Crippen molar-refractivity contribution in [3.8, 4) is 0 Å². The van der Waals surface area contributed by atoms with Gasteiger partial charge in [-0.25, -0.2) is 0 Å². The van der Waals surface area contributed by atoms with Gasteiger partial charge in [-0.05, 0) is 30.2 Å². The van der Waals surface area contributed by atoms with Gasteiger partial charge in [-0.1, -0.05) is 72.8 Å². The maximum Gasteiger partial charge on any atom is 0.185 e. The minimum atomic E-state index is 0.0358. The number of anilines is 1. The molecule has 1 unspecified atom stereocenters. The van der Waals surface area contributed by atoms with Gasteiger partial charge in [-0.2, -0.15) is 0 Å². The lowest BCUT2D eigenvalue weighted by Gasteiger charge is -2.19. The Kier molecular flexibility index (Phi) is 4.85. The zero-order valence-corrected chi connectivity index (χ0v) is 12.9. The number of ketones is 1. The molecule has 0 aromatic heterocycles. The Morgan fingerprint density at radius 3 is 2.43 bits per heavy atom. The van der Waals surface area contributed by atoms with Crippen LogP contribution in [-0.2, 0) is 0 Å². The number of nitrogens with one attached hydrogen (secondary N) is 1. The van der Waals surface area contributed by atoms with Gasteiger partial charge in [-0.3, -0.25) is 4.79 Å². The Balaban J connectivity index is 1.61. The Morgan fingerprint density at radius 2 is 1.70 bits per heavy atom. The van der Waals surface area contributed by atoms with E-state index in [-0.39, 0.29) is 11.8 Å². The third-order valence-electron chi connectivity index (χ3n) is 3.74. The summed E-state index contributed by atoms with van der Waals surface area (Å²) in [6.45, 7) is 0. The molecular formula is C21H19NO. The van der Waals surface area contributed by atoms with Gasteiger partial charge in [0, 0.05) is 17.3 Å². The molecule has 0 bridgehead atoms. The zero-order chi connectivity index (χ0) is 15.9. The molecule has 0 aliphatic heterocycles. The predicted molar refractivity (Wildman–Crippen MR) is 95.6 cm³/mol. The van der Waals surface area contributed by atoms with Crippen molar-refractivity contribution in [1.82, 2.24) is 0 Å². The molecule has 2 aromatic rings. The fraction of sp³-hybridized carbons (Fsp3) is 0.0952. The number of carbonyl (C=O) groups is 1. The van der Waals surface area contributed by atoms with Crippen LogP contribution < -0.4 is 5.32 Å². The number of benzene rings is 2. The van der Waals surface area contributed by atoms with Gasteiger partial charge in [0.2, 0.25) is 0 Å². The first kappa shape index (κ1) is 15.0. The fourth-order valence-electron chi connectivity index (χ4n) is 2.56. The summed E-state index contributed by atoms with van der Waals surface area (Å²) in [6, 6.07) is 19.7. The molecule has 0 saturated carbocycles. The quantitative estimate of drug-likeness (QED) is 0.635. The van der Waals surface area contributed by atoms with Gasteiger partial charge < -0.3 is 5.32 Å². The van der Waals surface area contributed by atoms with Crippen LogP contribution in [0.5, 0.6) is 0 Å². The van der Waals surface area contributed by atoms with Gasteiger partial charge in [0.25, 0.3) is 0 Å². The van der Waals surface area contributed by atoms with E-state index in [0.717, 1.165) is 23.2 Å². The number of rotatable bonds is 5. The van der Waals surface area contributed by atoms with Crippen LogP contribution in [0.15, 0.2) is 96.6 Å². The van der Waals surface area contributed by atoms with Crippen molar-refractivity contribution in [3.05, 3.63) is 102 Å². The summed E-state index contributed by atoms with van der Waals surface area (Å²) in [6.07, 6.45) is 10.7. The molecule has 1 aliphatic carbocycles. The molecule has 114 valence electrons. The summed E-state index contributed by atoms with van der Waals surface area (Å²) < 4.78 is 0. The number of para-hydroxylation sites is 1. The smallest absolute Gasteiger partial charge is 0.185 e. The molecule has 0 fully saturated rings. The van der Waals surface area contributed by atoms with Crippen LogP contribution in [-0.4, -0.2) is 11.8 Å². The van der Waals surface area contributed by atoms with Crippen molar-refractivity contribution in [1.29, 1.82) is 0 Å². The van der Waals surface area contributed by atoms with E-state index in [2.05, 4.69) is 29.6 Å². The second-order valence-electron chi connectivity index (χ2n) is 5.51. The molecule has 23 heavy (non-hydrogen) atoms. The van der Waals surface area contributed by atoms with Crippen molar-refractivity contribution in [2.75, 3.05) is 5.32 Å². The lowest BCUT2D eigenvalue weighted by Crippen LogP contribution is -2.18. The number of hydrogen-bond acceptors (Lipinski definition) is 2. The standard InChI is InChI=1S/C21H19NO/c23-21(18-9-3-1-4-10-18)15-14-17-8-7-13-20(16-17)22-19-11-5-2-6-12-19/h1-15,20,22H,16H2. The summed E-state index contributed by atoms with van der Waals surface area (Å²) in [5.41, 5.74) is 2.97. The highest BCUT2D eigenvalue weighted by atomic mass is 16.1. The largest absolute Gasteiger partial charge is 0.379 e. The highest BCUT2D eigenvalue weighted by molar-refractivity contribution is 6.04. The minimum Gasteiger partial charge on any atom is -0.379 e. The first-order chi connectivity index (χ1) is 11.3. The lowest BCUT2D eigenvalue weighted by molar-refractivity contribution is 0.104. The summed E-state index contributed by atoms with van der Waals surface area (Å²) in [5.74, 6) is 0.0358. The molecule has 3 rings (SSSR count). The Bertz CT molecular complexity index is 742. The molecule has 2 nitrogen and oxygen atoms in total. The van der Waals surface area contributed by atoms with Crippen LogP contribution in [0.3, 0.4) is 0 Å². The van der Waals surface area contributed by atoms with E-state index in [4.69, 9.17) is 0 Å². The summed E-state index contributed by atoms with van der Waals surface area (Å²) >= 11 is 0. The maximum absolute atomic E-state index is 12.1. The normalized spacial score (nSPS) is 17.0. The van der Waals surface area contributed by atoms with Crippen molar-refractivity contribution in [2.45, 2.75) is 12.5 Å². The fourth-order valence-corrected chi connectivity index (χ4v) is 2.56. The van der Waals surface area contributed by atoms with Gasteiger partial charge in [-0.15, -0.1) is 0 Å². The minimum absolute atomic E-state index is 0.0358. The SMILES string of the molecule is O=C(C=CC1=CC=CC(Nc2ccccc2)C1)c1ccccc1. The van der Waals surface area contributed by atoms with E-state index < -0.39 is 0 Å². The van der Waals surface area contributed by atoms with E-state index in [0.29, 0.717) is 0 Å². The molecule has 2 heteroatoms. The second-order valence-corrected chi connectivity index (χ2v) is 5.51. The predicted octanol–water partition coefficient (Wildman–Crippen LogP) is 4.79. The Morgan fingerprint density at radius 1 is 1.00 bits per heavy atom. The van der Waals surface area contributed by atoms with E-state index in [1.807, 2.05) is 60.7 Å². The zero-order valence-electron chi connectivity index (χ0n) is 12.9. The topological polar surface area (TPSA) is 29.1 Å². The van der Waals surface area contributed by atoms with Crippen LogP contribution in [0.2, 0.25) is 0 Å². The van der Waals surface area contributed by atoms with Crippen LogP contribution in [0.4, 0.5) is 5.69 Å². The van der Waals surface area contributed by atoms with E-state index >= 15 is 0 Å². The first-order valence-corrected chi connectivity index (χ1v) is 7.78. The van der Waals surface area contributed by atoms with Crippen molar-refractivity contribution in [2.24, 2.45) is 0 Å². The van der Waals surface area contributed by atoms with Gasteiger partial charge in [0.15, 0.2) is 5.78 Å². The lowest BCUT2D eigenvalue weighted by atomic mass is 9.99. The molecule has 1 aliphatic rings. The van der Waals surface area contributed by atoms with Crippen molar-refractivity contribution < 1.29 is 4.79 Å². The molecule has 0 heterocycles. The molecule has 2 aromatic carbocycles. The van der Waals surface area contributed by atoms with Gasteiger partial charge in [0.05, 0.1) is 0 Å². The Labute approximate surface area is 136 Å². The van der Waals surface area contributed by atoms with Crippen LogP contribution in [0, 0.1) is 0 Å². The van der Waals surface area contributed by atoms with Crippen molar-refractivity contribution in [3.63, 3.8) is 0 Å². The van der Waals surface area contributed by atoms with Crippen LogP contribution in [0.1, 0.15) is 16.8 Å².